The number of hydrogen-bond donors (Lipinski definition) is 3. The van der Waals surface area contributed by atoms with Crippen LogP contribution in [0.2, 0.25) is 0 Å². The van der Waals surface area contributed by atoms with Gasteiger partial charge >= 0.3 is 0 Å². The average molecular weight is 395 g/mol. The minimum Gasteiger partial charge on any atom is -0.368 e. The first-order valence-electron chi connectivity index (χ1n) is 9.45. The van der Waals surface area contributed by atoms with Gasteiger partial charge in [-0.05, 0) is 44.9 Å². The summed E-state index contributed by atoms with van der Waals surface area (Å²) < 4.78 is 5.12. The van der Waals surface area contributed by atoms with Crippen LogP contribution in [-0.2, 0) is 11.2 Å². The summed E-state index contributed by atoms with van der Waals surface area (Å²) >= 11 is 0. The van der Waals surface area contributed by atoms with E-state index in [0.29, 0.717) is 37.6 Å². The summed E-state index contributed by atoms with van der Waals surface area (Å²) in [7, 11) is 0. The first-order chi connectivity index (χ1) is 14.0. The summed E-state index contributed by atoms with van der Waals surface area (Å²) in [4.78, 5) is 24.7. The Labute approximate surface area is 169 Å². The Hall–Kier alpha value is -3.49. The van der Waals surface area contributed by atoms with Crippen LogP contribution in [0.1, 0.15) is 29.0 Å². The molecule has 9 heteroatoms. The molecule has 152 valence electrons. The summed E-state index contributed by atoms with van der Waals surface area (Å²) in [5, 5.41) is 13.1. The molecule has 3 aromatic heterocycles. The van der Waals surface area contributed by atoms with E-state index in [-0.39, 0.29) is 5.91 Å². The van der Waals surface area contributed by atoms with E-state index in [1.807, 2.05) is 32.9 Å². The highest BCUT2D eigenvalue weighted by molar-refractivity contribution is 5.76. The van der Waals surface area contributed by atoms with E-state index >= 15 is 0 Å². The summed E-state index contributed by atoms with van der Waals surface area (Å²) in [5.41, 5.74) is 2.95. The molecule has 0 saturated heterocycles. The molecule has 3 N–H and O–H groups in total. The Morgan fingerprint density at radius 3 is 2.59 bits per heavy atom. The van der Waals surface area contributed by atoms with Gasteiger partial charge in [0.2, 0.25) is 5.91 Å². The number of anilines is 3. The van der Waals surface area contributed by atoms with Gasteiger partial charge in [0.05, 0.1) is 5.69 Å². The second-order valence-corrected chi connectivity index (χ2v) is 6.71. The zero-order chi connectivity index (χ0) is 20.6. The summed E-state index contributed by atoms with van der Waals surface area (Å²) in [6, 6.07) is 5.66. The monoisotopic (exact) mass is 395 g/mol. The lowest BCUT2D eigenvalue weighted by atomic mass is 10.1. The third-order valence-electron chi connectivity index (χ3n) is 4.38. The van der Waals surface area contributed by atoms with Gasteiger partial charge in [-0.25, -0.2) is 15.0 Å². The highest BCUT2D eigenvalue weighted by atomic mass is 16.5. The third-order valence-corrected chi connectivity index (χ3v) is 4.38. The van der Waals surface area contributed by atoms with Crippen molar-refractivity contribution in [3.05, 3.63) is 53.3 Å². The average Bonchev–Trinajstić information content (AvgIpc) is 3.01. The van der Waals surface area contributed by atoms with Crippen LogP contribution in [0.3, 0.4) is 0 Å². The second-order valence-electron chi connectivity index (χ2n) is 6.71. The molecule has 0 aliphatic rings. The number of hydrogen-bond acceptors (Lipinski definition) is 8. The topological polar surface area (TPSA) is 118 Å². The maximum atomic E-state index is 12.0. The standard InChI is InChI=1S/C20H25N7O2/c1-13-6-7-21-18(10-13)26-19-11-17(24-12-25-19)22-8-9-23-20(28)5-4-16-14(2)27-29-15(16)3/h6-7,10-12H,4-5,8-9H2,1-3H3,(H,23,28)(H2,21,22,24,25,26). The van der Waals surface area contributed by atoms with Crippen molar-refractivity contribution in [2.24, 2.45) is 0 Å². The quantitative estimate of drug-likeness (QED) is 0.473. The fourth-order valence-electron chi connectivity index (χ4n) is 2.84. The number of nitrogens with one attached hydrogen (secondary N) is 3. The van der Waals surface area contributed by atoms with Gasteiger partial charge in [-0.15, -0.1) is 0 Å². The van der Waals surface area contributed by atoms with E-state index in [1.54, 1.807) is 12.3 Å². The van der Waals surface area contributed by atoms with Crippen LogP contribution in [0.25, 0.3) is 0 Å². The van der Waals surface area contributed by atoms with Gasteiger partial charge in [0.1, 0.15) is 29.5 Å². The normalized spacial score (nSPS) is 10.6. The zero-order valence-corrected chi connectivity index (χ0v) is 16.8. The minimum atomic E-state index is -0.0117. The molecule has 0 spiro atoms. The third kappa shape index (κ3) is 6.00. The van der Waals surface area contributed by atoms with Crippen molar-refractivity contribution < 1.29 is 9.32 Å². The van der Waals surface area contributed by atoms with E-state index in [2.05, 4.69) is 36.1 Å². The van der Waals surface area contributed by atoms with Crippen molar-refractivity contribution in [1.82, 2.24) is 25.4 Å². The molecule has 3 aromatic rings. The maximum absolute atomic E-state index is 12.0. The molecule has 29 heavy (non-hydrogen) atoms. The van der Waals surface area contributed by atoms with Crippen molar-refractivity contribution in [3.8, 4) is 0 Å². The van der Waals surface area contributed by atoms with Gasteiger partial charge in [0.15, 0.2) is 0 Å². The number of aromatic nitrogens is 4. The van der Waals surface area contributed by atoms with E-state index in [4.69, 9.17) is 4.52 Å². The predicted octanol–water partition coefficient (Wildman–Crippen LogP) is 2.69. The lowest BCUT2D eigenvalue weighted by Gasteiger charge is -2.09. The fourth-order valence-corrected chi connectivity index (χ4v) is 2.84. The molecule has 0 fully saturated rings. The van der Waals surface area contributed by atoms with E-state index in [1.165, 1.54) is 6.33 Å². The van der Waals surface area contributed by atoms with Gasteiger partial charge in [-0.3, -0.25) is 4.79 Å². The highest BCUT2D eigenvalue weighted by Crippen LogP contribution is 2.15. The number of carbonyl (C=O) groups is 1. The Bertz CT molecular complexity index is 951. The van der Waals surface area contributed by atoms with Gasteiger partial charge in [0.25, 0.3) is 0 Å². The van der Waals surface area contributed by atoms with Crippen molar-refractivity contribution in [1.29, 1.82) is 0 Å². The van der Waals surface area contributed by atoms with E-state index in [9.17, 15) is 4.79 Å². The van der Waals surface area contributed by atoms with Gasteiger partial charge in [-0.1, -0.05) is 5.16 Å². The Morgan fingerprint density at radius 1 is 1.03 bits per heavy atom. The van der Waals surface area contributed by atoms with Crippen LogP contribution in [0.15, 0.2) is 35.2 Å². The largest absolute Gasteiger partial charge is 0.368 e. The molecule has 9 nitrogen and oxygen atoms in total. The zero-order valence-electron chi connectivity index (χ0n) is 16.8. The first kappa shape index (κ1) is 20.2. The highest BCUT2D eigenvalue weighted by Gasteiger charge is 2.10. The second kappa shape index (κ2) is 9.63. The Morgan fingerprint density at radius 2 is 1.83 bits per heavy atom. The van der Waals surface area contributed by atoms with Crippen LogP contribution in [-0.4, -0.2) is 39.1 Å². The summed E-state index contributed by atoms with van der Waals surface area (Å²) in [6.45, 7) is 6.79. The Balaban J connectivity index is 1.40. The van der Waals surface area contributed by atoms with Gasteiger partial charge in [0, 0.05) is 37.3 Å². The van der Waals surface area contributed by atoms with Crippen LogP contribution in [0, 0.1) is 20.8 Å². The number of amides is 1. The molecule has 0 radical (unpaired) electrons. The van der Waals surface area contributed by atoms with E-state index in [0.717, 1.165) is 28.4 Å². The van der Waals surface area contributed by atoms with Crippen molar-refractivity contribution >= 4 is 23.4 Å². The fraction of sp³-hybridized carbons (Fsp3) is 0.350. The van der Waals surface area contributed by atoms with Crippen molar-refractivity contribution in [2.75, 3.05) is 23.7 Å². The molecule has 0 bridgehead atoms. The van der Waals surface area contributed by atoms with Crippen LogP contribution in [0.4, 0.5) is 17.5 Å². The molecule has 3 heterocycles. The predicted molar refractivity (Wildman–Crippen MR) is 110 cm³/mol. The van der Waals surface area contributed by atoms with Crippen LogP contribution in [0.5, 0.6) is 0 Å². The maximum Gasteiger partial charge on any atom is 0.220 e. The van der Waals surface area contributed by atoms with Crippen LogP contribution >= 0.6 is 0 Å². The minimum absolute atomic E-state index is 0.0117. The molecule has 0 aliphatic carbocycles. The molecule has 0 unspecified atom stereocenters. The Kier molecular flexibility index (Phi) is 6.72. The molecular formula is C20H25N7O2. The van der Waals surface area contributed by atoms with E-state index < -0.39 is 0 Å². The van der Waals surface area contributed by atoms with Crippen molar-refractivity contribution in [3.63, 3.8) is 0 Å². The molecule has 0 saturated carbocycles. The van der Waals surface area contributed by atoms with Gasteiger partial charge < -0.3 is 20.5 Å². The number of nitrogens with zero attached hydrogens (tertiary/aromatic N) is 4. The molecule has 0 aliphatic heterocycles. The number of pyridine rings is 1. The van der Waals surface area contributed by atoms with Crippen LogP contribution < -0.4 is 16.0 Å². The number of aryl methyl sites for hydroxylation is 3. The molecular weight excluding hydrogens is 370 g/mol. The lowest BCUT2D eigenvalue weighted by Crippen LogP contribution is -2.29. The number of rotatable bonds is 9. The smallest absolute Gasteiger partial charge is 0.220 e. The molecule has 0 atom stereocenters. The summed E-state index contributed by atoms with van der Waals surface area (Å²) in [6.07, 6.45) is 4.23. The molecule has 3 rings (SSSR count). The summed E-state index contributed by atoms with van der Waals surface area (Å²) in [5.74, 6) is 2.79. The molecule has 0 aromatic carbocycles. The lowest BCUT2D eigenvalue weighted by molar-refractivity contribution is -0.120. The van der Waals surface area contributed by atoms with Gasteiger partial charge in [-0.2, -0.15) is 0 Å². The number of carbonyl (C=O) groups excluding carboxylic acids is 1. The SMILES string of the molecule is Cc1ccnc(Nc2cc(NCCNC(=O)CCc3c(C)noc3C)ncn2)c1. The first-order valence-corrected chi connectivity index (χ1v) is 9.45. The van der Waals surface area contributed by atoms with Crippen molar-refractivity contribution in [2.45, 2.75) is 33.6 Å². The molecule has 1 amide bonds.